The fourth-order valence-corrected chi connectivity index (χ4v) is 2.01. The Balaban J connectivity index is 2.47. The van der Waals surface area contributed by atoms with E-state index in [1.165, 1.54) is 0 Å². The number of fused-ring (bicyclic) bond motifs is 1. The first-order chi connectivity index (χ1) is 7.15. The van der Waals surface area contributed by atoms with Gasteiger partial charge in [-0.3, -0.25) is 4.79 Å². The first-order valence-corrected chi connectivity index (χ1v) is 5.07. The van der Waals surface area contributed by atoms with E-state index >= 15 is 0 Å². The molecule has 4 nitrogen and oxygen atoms in total. The number of rotatable bonds is 2. The summed E-state index contributed by atoms with van der Waals surface area (Å²) in [6, 6.07) is 0. The molecular weight excluding hydrogens is 194 g/mol. The largest absolute Gasteiger partial charge is 0.462 e. The molecule has 0 atom stereocenters. The average Bonchev–Trinajstić information content (AvgIpc) is 2.67. The molecule has 0 aliphatic heterocycles. The Hall–Kier alpha value is -1.58. The third-order valence-corrected chi connectivity index (χ3v) is 2.63. The van der Waals surface area contributed by atoms with Crippen LogP contribution in [0, 0.1) is 6.92 Å². The molecule has 1 aromatic heterocycles. The number of ether oxygens (including phenoxy) is 1. The summed E-state index contributed by atoms with van der Waals surface area (Å²) in [5, 5.41) is 0. The van der Waals surface area contributed by atoms with E-state index in [4.69, 9.17) is 4.74 Å². The minimum atomic E-state index is -0.400. The molecule has 0 bridgehead atoms. The summed E-state index contributed by atoms with van der Waals surface area (Å²) in [4.78, 5) is 26.3. The second-order valence-corrected chi connectivity index (χ2v) is 3.62. The summed E-state index contributed by atoms with van der Waals surface area (Å²) in [7, 11) is 0. The summed E-state index contributed by atoms with van der Waals surface area (Å²) in [6.45, 7) is 3.87. The lowest BCUT2D eigenvalue weighted by atomic mass is 10.1. The normalized spacial score (nSPS) is 14.1. The van der Waals surface area contributed by atoms with Crippen molar-refractivity contribution < 1.29 is 14.3 Å². The summed E-state index contributed by atoms with van der Waals surface area (Å²) in [6.07, 6.45) is 1.20. The molecule has 0 amide bonds. The molecule has 0 radical (unpaired) electrons. The molecule has 1 heterocycles. The lowest BCUT2D eigenvalue weighted by molar-refractivity contribution is 0.0522. The summed E-state index contributed by atoms with van der Waals surface area (Å²) >= 11 is 0. The Kier molecular flexibility index (Phi) is 2.34. The second kappa shape index (κ2) is 3.53. The molecule has 0 saturated carbocycles. The number of aryl methyl sites for hydroxylation is 2. The number of aromatic nitrogens is 1. The van der Waals surface area contributed by atoms with Gasteiger partial charge in [0.1, 0.15) is 0 Å². The molecule has 4 heteroatoms. The predicted molar refractivity (Wildman–Crippen MR) is 54.1 cm³/mol. The number of aromatic amines is 1. The third-order valence-electron chi connectivity index (χ3n) is 2.63. The van der Waals surface area contributed by atoms with E-state index in [1.54, 1.807) is 13.8 Å². The van der Waals surface area contributed by atoms with Crippen molar-refractivity contribution in [2.24, 2.45) is 0 Å². The van der Waals surface area contributed by atoms with Gasteiger partial charge in [0.15, 0.2) is 5.78 Å². The fourth-order valence-electron chi connectivity index (χ4n) is 2.01. The Morgan fingerprint density at radius 1 is 1.47 bits per heavy atom. The number of carbonyl (C=O) groups is 2. The van der Waals surface area contributed by atoms with E-state index in [0.29, 0.717) is 30.6 Å². The van der Waals surface area contributed by atoms with Crippen LogP contribution in [0.5, 0.6) is 0 Å². The number of H-pyrrole nitrogens is 1. The quantitative estimate of drug-likeness (QED) is 0.750. The van der Waals surface area contributed by atoms with Crippen molar-refractivity contribution in [3.05, 3.63) is 22.5 Å². The van der Waals surface area contributed by atoms with Gasteiger partial charge >= 0.3 is 5.97 Å². The molecule has 1 aliphatic rings. The van der Waals surface area contributed by atoms with Gasteiger partial charge < -0.3 is 9.72 Å². The Bertz CT molecular complexity index is 431. The molecule has 0 fully saturated rings. The van der Waals surface area contributed by atoms with E-state index in [0.717, 1.165) is 11.4 Å². The SMILES string of the molecule is CCOC(=O)c1c(C)[nH]c2c1C(=O)CC2. The van der Waals surface area contributed by atoms with Crippen molar-refractivity contribution >= 4 is 11.8 Å². The zero-order valence-corrected chi connectivity index (χ0v) is 8.85. The highest BCUT2D eigenvalue weighted by Crippen LogP contribution is 2.27. The lowest BCUT2D eigenvalue weighted by Crippen LogP contribution is -2.09. The first kappa shape index (κ1) is 9.96. The van der Waals surface area contributed by atoms with Crippen LogP contribution in [0.15, 0.2) is 0 Å². The minimum Gasteiger partial charge on any atom is -0.462 e. The Morgan fingerprint density at radius 2 is 2.20 bits per heavy atom. The number of carbonyl (C=O) groups excluding carboxylic acids is 2. The Labute approximate surface area is 87.6 Å². The fraction of sp³-hybridized carbons (Fsp3) is 0.455. The van der Waals surface area contributed by atoms with Gasteiger partial charge in [-0.1, -0.05) is 0 Å². The van der Waals surface area contributed by atoms with Gasteiger partial charge in [-0.05, 0) is 20.3 Å². The van der Waals surface area contributed by atoms with Crippen molar-refractivity contribution in [2.75, 3.05) is 6.61 Å². The molecule has 1 aromatic rings. The van der Waals surface area contributed by atoms with Gasteiger partial charge in [-0.2, -0.15) is 0 Å². The smallest absolute Gasteiger partial charge is 0.340 e. The van der Waals surface area contributed by atoms with Crippen LogP contribution >= 0.6 is 0 Å². The molecule has 80 valence electrons. The maximum absolute atomic E-state index is 11.6. The molecule has 1 N–H and O–H groups in total. The minimum absolute atomic E-state index is 0.0393. The molecule has 2 rings (SSSR count). The predicted octanol–water partition coefficient (Wildman–Crippen LogP) is 1.63. The number of ketones is 1. The monoisotopic (exact) mass is 207 g/mol. The molecule has 0 aromatic carbocycles. The van der Waals surface area contributed by atoms with E-state index < -0.39 is 5.97 Å². The molecule has 1 aliphatic carbocycles. The van der Waals surface area contributed by atoms with Crippen LogP contribution in [0.25, 0.3) is 0 Å². The van der Waals surface area contributed by atoms with E-state index in [1.807, 2.05) is 0 Å². The van der Waals surface area contributed by atoms with Crippen LogP contribution in [-0.4, -0.2) is 23.3 Å². The van der Waals surface area contributed by atoms with Crippen molar-refractivity contribution in [3.8, 4) is 0 Å². The van der Waals surface area contributed by atoms with Gasteiger partial charge in [-0.25, -0.2) is 4.79 Å². The zero-order valence-electron chi connectivity index (χ0n) is 8.85. The molecule has 15 heavy (non-hydrogen) atoms. The van der Waals surface area contributed by atoms with Gasteiger partial charge in [0.2, 0.25) is 0 Å². The van der Waals surface area contributed by atoms with Crippen LogP contribution in [0.2, 0.25) is 0 Å². The van der Waals surface area contributed by atoms with Crippen molar-refractivity contribution in [1.29, 1.82) is 0 Å². The lowest BCUT2D eigenvalue weighted by Gasteiger charge is -2.02. The van der Waals surface area contributed by atoms with Crippen LogP contribution in [0.1, 0.15) is 45.4 Å². The van der Waals surface area contributed by atoms with Crippen molar-refractivity contribution in [1.82, 2.24) is 4.98 Å². The number of esters is 1. The summed E-state index contributed by atoms with van der Waals surface area (Å²) in [5.74, 6) is -0.361. The van der Waals surface area contributed by atoms with Gasteiger partial charge in [-0.15, -0.1) is 0 Å². The maximum Gasteiger partial charge on any atom is 0.340 e. The highest BCUT2D eigenvalue weighted by molar-refractivity contribution is 6.10. The average molecular weight is 207 g/mol. The molecule has 0 spiro atoms. The standard InChI is InChI=1S/C11H13NO3/c1-3-15-11(14)9-6(2)12-7-4-5-8(13)10(7)9/h12H,3-5H2,1-2H3. The van der Waals surface area contributed by atoms with E-state index in [-0.39, 0.29) is 5.78 Å². The first-order valence-electron chi connectivity index (χ1n) is 5.07. The highest BCUT2D eigenvalue weighted by Gasteiger charge is 2.30. The number of hydrogen-bond donors (Lipinski definition) is 1. The van der Waals surface area contributed by atoms with E-state index in [9.17, 15) is 9.59 Å². The maximum atomic E-state index is 11.6. The van der Waals surface area contributed by atoms with Gasteiger partial charge in [0.25, 0.3) is 0 Å². The molecular formula is C11H13NO3. The summed E-state index contributed by atoms with van der Waals surface area (Å²) in [5.41, 5.74) is 2.58. The third kappa shape index (κ3) is 1.46. The highest BCUT2D eigenvalue weighted by atomic mass is 16.5. The van der Waals surface area contributed by atoms with Gasteiger partial charge in [0.05, 0.1) is 17.7 Å². The number of hydrogen-bond acceptors (Lipinski definition) is 3. The molecule has 0 unspecified atom stereocenters. The second-order valence-electron chi connectivity index (χ2n) is 3.62. The van der Waals surface area contributed by atoms with Crippen LogP contribution in [0.3, 0.4) is 0 Å². The van der Waals surface area contributed by atoms with Crippen molar-refractivity contribution in [2.45, 2.75) is 26.7 Å². The topological polar surface area (TPSA) is 59.2 Å². The van der Waals surface area contributed by atoms with Gasteiger partial charge in [0, 0.05) is 17.8 Å². The number of nitrogens with one attached hydrogen (secondary N) is 1. The van der Waals surface area contributed by atoms with Crippen LogP contribution in [0.4, 0.5) is 0 Å². The van der Waals surface area contributed by atoms with Crippen molar-refractivity contribution in [3.63, 3.8) is 0 Å². The Morgan fingerprint density at radius 3 is 2.87 bits per heavy atom. The summed E-state index contributed by atoms with van der Waals surface area (Å²) < 4.78 is 4.93. The van der Waals surface area contributed by atoms with Crippen LogP contribution in [-0.2, 0) is 11.2 Å². The zero-order chi connectivity index (χ0) is 11.0. The van der Waals surface area contributed by atoms with E-state index in [2.05, 4.69) is 4.98 Å². The van der Waals surface area contributed by atoms with Crippen LogP contribution < -0.4 is 0 Å². The molecule has 0 saturated heterocycles. The number of Topliss-reactive ketones (excluding diaryl/α,β-unsaturated/α-hetero) is 1.